The van der Waals surface area contributed by atoms with E-state index in [0.29, 0.717) is 17.5 Å². The molecule has 1 atom stereocenters. The summed E-state index contributed by atoms with van der Waals surface area (Å²) >= 11 is 1.18. The largest absolute Gasteiger partial charge is 0.320 e. The molecular weight excluding hydrogens is 384 g/mol. The summed E-state index contributed by atoms with van der Waals surface area (Å²) in [4.78, 5) is 16.4. The number of hydrogen-bond donors (Lipinski definition) is 1. The molecule has 0 saturated heterocycles. The fourth-order valence-corrected chi connectivity index (χ4v) is 3.44. The van der Waals surface area contributed by atoms with Gasteiger partial charge in [0.2, 0.25) is 5.91 Å². The van der Waals surface area contributed by atoms with E-state index >= 15 is 0 Å². The minimum atomic E-state index is -0.820. The zero-order valence-corrected chi connectivity index (χ0v) is 16.2. The summed E-state index contributed by atoms with van der Waals surface area (Å²) in [5, 5.41) is 10.7. The minimum absolute atomic E-state index is 0.451. The second kappa shape index (κ2) is 8.92. The van der Waals surface area contributed by atoms with Gasteiger partial charge in [-0.15, -0.1) is 10.2 Å². The lowest BCUT2D eigenvalue weighted by Crippen LogP contribution is -2.24. The first kappa shape index (κ1) is 19.9. The van der Waals surface area contributed by atoms with Gasteiger partial charge in [0.25, 0.3) is 0 Å². The van der Waals surface area contributed by atoms with Gasteiger partial charge < -0.3 is 9.88 Å². The third-order valence-corrected chi connectivity index (χ3v) is 5.05. The highest BCUT2D eigenvalue weighted by atomic mass is 32.2. The number of aromatic nitrogens is 4. The van der Waals surface area contributed by atoms with Crippen LogP contribution < -0.4 is 5.32 Å². The molecule has 0 unspecified atom stereocenters. The smallest absolute Gasteiger partial charge is 0.237 e. The van der Waals surface area contributed by atoms with Crippen LogP contribution in [0.4, 0.5) is 14.5 Å². The molecule has 2 aromatic heterocycles. The number of halogens is 2. The summed E-state index contributed by atoms with van der Waals surface area (Å²) < 4.78 is 29.5. The number of amides is 1. The molecule has 146 valence electrons. The van der Waals surface area contributed by atoms with E-state index in [1.54, 1.807) is 19.3 Å². The summed E-state index contributed by atoms with van der Waals surface area (Å²) in [6.07, 6.45) is 4.20. The van der Waals surface area contributed by atoms with Crippen molar-refractivity contribution in [2.24, 2.45) is 0 Å². The molecule has 1 N–H and O–H groups in total. The highest BCUT2D eigenvalue weighted by molar-refractivity contribution is 8.00. The quantitative estimate of drug-likeness (QED) is 0.600. The lowest BCUT2D eigenvalue weighted by atomic mass is 10.2. The topological polar surface area (TPSA) is 72.7 Å². The Balaban J connectivity index is 1.79. The number of nitrogens with one attached hydrogen (secondary N) is 1. The van der Waals surface area contributed by atoms with Gasteiger partial charge in [-0.2, -0.15) is 0 Å². The Kier molecular flexibility index (Phi) is 6.35. The summed E-state index contributed by atoms with van der Waals surface area (Å²) in [6.45, 7) is 4.35. The Bertz CT molecular complexity index is 944. The molecule has 0 aliphatic carbocycles. The van der Waals surface area contributed by atoms with Crippen LogP contribution in [-0.2, 0) is 11.3 Å². The average molecular weight is 403 g/mol. The van der Waals surface area contributed by atoms with Crippen LogP contribution in [0, 0.1) is 11.6 Å². The molecular formula is C19H19F2N5OS. The first-order valence-electron chi connectivity index (χ1n) is 8.76. The number of carbonyl (C=O) groups is 1. The molecule has 1 amide bonds. The standard InChI is InChI=1S/C19H19F2N5OS/c1-3-11-26-17(13-7-9-22-10-8-13)24-25-19(26)28-12(2)18(27)23-16-14(20)5-4-6-15(16)21/h4-10,12H,3,11H2,1-2H3,(H,23,27)/t12-/m0/s1. The van der Waals surface area contributed by atoms with E-state index in [9.17, 15) is 13.6 Å². The van der Waals surface area contributed by atoms with E-state index in [1.807, 2.05) is 23.6 Å². The number of thioether (sulfide) groups is 1. The van der Waals surface area contributed by atoms with Crippen molar-refractivity contribution < 1.29 is 13.6 Å². The number of nitrogens with zero attached hydrogens (tertiary/aromatic N) is 4. The SMILES string of the molecule is CCCn1c(S[C@@H](C)C(=O)Nc2c(F)cccc2F)nnc1-c1ccncc1. The molecule has 0 bridgehead atoms. The average Bonchev–Trinajstić information content (AvgIpc) is 3.08. The van der Waals surface area contributed by atoms with Gasteiger partial charge in [0.05, 0.1) is 5.25 Å². The van der Waals surface area contributed by atoms with E-state index < -0.39 is 28.5 Å². The molecule has 0 aliphatic heterocycles. The molecule has 0 fully saturated rings. The Labute approximate surface area is 165 Å². The van der Waals surface area contributed by atoms with Crippen LogP contribution >= 0.6 is 11.8 Å². The normalized spacial score (nSPS) is 12.0. The molecule has 0 aliphatic rings. The van der Waals surface area contributed by atoms with Crippen LogP contribution in [0.5, 0.6) is 0 Å². The van der Waals surface area contributed by atoms with Gasteiger partial charge in [-0.05, 0) is 37.6 Å². The number of anilines is 1. The Morgan fingerprint density at radius 3 is 2.50 bits per heavy atom. The van der Waals surface area contributed by atoms with Crippen molar-refractivity contribution in [3.8, 4) is 11.4 Å². The number of hydrogen-bond acceptors (Lipinski definition) is 5. The maximum absolute atomic E-state index is 13.8. The molecule has 28 heavy (non-hydrogen) atoms. The molecule has 0 radical (unpaired) electrons. The fraction of sp³-hybridized carbons (Fsp3) is 0.263. The number of benzene rings is 1. The first-order valence-corrected chi connectivity index (χ1v) is 9.64. The monoisotopic (exact) mass is 403 g/mol. The zero-order valence-electron chi connectivity index (χ0n) is 15.4. The van der Waals surface area contributed by atoms with Gasteiger partial charge in [0, 0.05) is 24.5 Å². The highest BCUT2D eigenvalue weighted by Crippen LogP contribution is 2.28. The van der Waals surface area contributed by atoms with Crippen LogP contribution in [0.15, 0.2) is 47.9 Å². The van der Waals surface area contributed by atoms with E-state index in [4.69, 9.17) is 0 Å². The van der Waals surface area contributed by atoms with E-state index in [1.165, 1.54) is 17.8 Å². The van der Waals surface area contributed by atoms with Crippen LogP contribution in [0.2, 0.25) is 0 Å². The van der Waals surface area contributed by atoms with Crippen molar-refractivity contribution in [3.63, 3.8) is 0 Å². The lowest BCUT2D eigenvalue weighted by molar-refractivity contribution is -0.115. The molecule has 9 heteroatoms. The summed E-state index contributed by atoms with van der Waals surface area (Å²) in [7, 11) is 0. The van der Waals surface area contributed by atoms with E-state index in [-0.39, 0.29) is 0 Å². The van der Waals surface area contributed by atoms with Gasteiger partial charge >= 0.3 is 0 Å². The molecule has 0 spiro atoms. The highest BCUT2D eigenvalue weighted by Gasteiger charge is 2.22. The van der Waals surface area contributed by atoms with Crippen molar-refractivity contribution in [3.05, 3.63) is 54.4 Å². The molecule has 2 heterocycles. The molecule has 1 aromatic carbocycles. The lowest BCUT2D eigenvalue weighted by Gasteiger charge is -2.14. The first-order chi connectivity index (χ1) is 13.5. The Morgan fingerprint density at radius 1 is 1.18 bits per heavy atom. The number of rotatable bonds is 7. The van der Waals surface area contributed by atoms with Gasteiger partial charge in [0.15, 0.2) is 11.0 Å². The second-order valence-corrected chi connectivity index (χ2v) is 7.35. The molecule has 0 saturated carbocycles. The maximum atomic E-state index is 13.8. The predicted molar refractivity (Wildman–Crippen MR) is 104 cm³/mol. The van der Waals surface area contributed by atoms with Crippen molar-refractivity contribution in [1.82, 2.24) is 19.7 Å². The number of pyridine rings is 1. The number of carbonyl (C=O) groups excluding carboxylic acids is 1. The minimum Gasteiger partial charge on any atom is -0.320 e. The summed E-state index contributed by atoms with van der Waals surface area (Å²) in [5.41, 5.74) is 0.417. The third kappa shape index (κ3) is 4.36. The molecule has 6 nitrogen and oxygen atoms in total. The van der Waals surface area contributed by atoms with Crippen LogP contribution in [0.3, 0.4) is 0 Å². The third-order valence-electron chi connectivity index (χ3n) is 3.96. The Hall–Kier alpha value is -2.81. The maximum Gasteiger partial charge on any atom is 0.237 e. The van der Waals surface area contributed by atoms with Crippen LogP contribution in [-0.4, -0.2) is 30.9 Å². The predicted octanol–water partition coefficient (Wildman–Crippen LogP) is 4.15. The summed E-state index contributed by atoms with van der Waals surface area (Å²) in [6, 6.07) is 7.10. The van der Waals surface area contributed by atoms with Crippen molar-refractivity contribution >= 4 is 23.4 Å². The van der Waals surface area contributed by atoms with Gasteiger partial charge in [0.1, 0.15) is 17.3 Å². The Morgan fingerprint density at radius 2 is 1.86 bits per heavy atom. The van der Waals surface area contributed by atoms with Gasteiger partial charge in [-0.3, -0.25) is 9.78 Å². The van der Waals surface area contributed by atoms with E-state index in [2.05, 4.69) is 20.5 Å². The summed E-state index contributed by atoms with van der Waals surface area (Å²) in [5.74, 6) is -1.48. The second-order valence-electron chi connectivity index (χ2n) is 6.04. The fourth-order valence-electron chi connectivity index (χ4n) is 2.57. The van der Waals surface area contributed by atoms with Crippen LogP contribution in [0.1, 0.15) is 20.3 Å². The van der Waals surface area contributed by atoms with Crippen LogP contribution in [0.25, 0.3) is 11.4 Å². The van der Waals surface area contributed by atoms with Crippen molar-refractivity contribution in [2.75, 3.05) is 5.32 Å². The van der Waals surface area contributed by atoms with Gasteiger partial charge in [-0.1, -0.05) is 24.8 Å². The van der Waals surface area contributed by atoms with Gasteiger partial charge in [-0.25, -0.2) is 8.78 Å². The zero-order chi connectivity index (χ0) is 20.1. The molecule has 3 aromatic rings. The number of para-hydroxylation sites is 1. The van der Waals surface area contributed by atoms with Crippen molar-refractivity contribution in [2.45, 2.75) is 37.2 Å². The van der Waals surface area contributed by atoms with E-state index in [0.717, 1.165) is 24.1 Å². The van der Waals surface area contributed by atoms with Crippen molar-refractivity contribution in [1.29, 1.82) is 0 Å². The molecule has 3 rings (SSSR count).